The molecule has 0 nitrogen and oxygen atoms in total. The third kappa shape index (κ3) is 2.37. The zero-order valence-corrected chi connectivity index (χ0v) is 9.07. The summed E-state index contributed by atoms with van der Waals surface area (Å²) >= 11 is 11.8. The molecule has 0 amide bonds. The van der Waals surface area contributed by atoms with E-state index in [2.05, 4.69) is 6.58 Å². The lowest BCUT2D eigenvalue weighted by Gasteiger charge is -2.05. The molecule has 0 bridgehead atoms. The number of allylic oxidation sites excluding steroid dienone is 1. The van der Waals surface area contributed by atoms with Crippen LogP contribution < -0.4 is 5.19 Å². The van der Waals surface area contributed by atoms with Gasteiger partial charge in [0.1, 0.15) is 0 Å². The highest BCUT2D eigenvalue weighted by Crippen LogP contribution is 2.04. The van der Waals surface area contributed by atoms with Crippen molar-refractivity contribution in [2.24, 2.45) is 0 Å². The van der Waals surface area contributed by atoms with Crippen molar-refractivity contribution in [2.45, 2.75) is 6.42 Å². The number of hydrogen-bond donors (Lipinski definition) is 0. The molecule has 0 aliphatic carbocycles. The predicted octanol–water partition coefficient (Wildman–Crippen LogP) is 2.59. The highest BCUT2D eigenvalue weighted by molar-refractivity contribution is 7.39. The Balaban J connectivity index is 2.99. The summed E-state index contributed by atoms with van der Waals surface area (Å²) in [6.45, 7) is 3.68. The molecule has 1 radical (unpaired) electrons. The second kappa shape index (κ2) is 4.70. The van der Waals surface area contributed by atoms with Crippen LogP contribution in [0.4, 0.5) is 0 Å². The molecule has 1 aromatic rings. The lowest BCUT2D eigenvalue weighted by atomic mass is 10.1. The molecular formula is C9H9Cl2Si. The molecule has 63 valence electrons. The zero-order chi connectivity index (χ0) is 8.97. The Morgan fingerprint density at radius 2 is 2.00 bits per heavy atom. The lowest BCUT2D eigenvalue weighted by Crippen LogP contribution is -2.22. The first-order valence-corrected chi connectivity index (χ1v) is 7.15. The molecule has 0 unspecified atom stereocenters. The van der Waals surface area contributed by atoms with Crippen molar-refractivity contribution in [1.82, 2.24) is 0 Å². The Bertz CT molecular complexity index is 271. The molecule has 0 spiro atoms. The molecule has 0 aliphatic heterocycles. The zero-order valence-electron chi connectivity index (χ0n) is 6.56. The molecule has 0 aliphatic rings. The standard InChI is InChI=1S/C9H9Cl2Si/c1-2-5-8-6-3-4-7-9(8)12(10)11/h2-4,6-7H,1,5H2. The van der Waals surface area contributed by atoms with Crippen LogP contribution in [0.5, 0.6) is 0 Å². The fourth-order valence-electron chi connectivity index (χ4n) is 1.04. The number of rotatable bonds is 3. The van der Waals surface area contributed by atoms with Crippen LogP contribution in [0.1, 0.15) is 5.56 Å². The summed E-state index contributed by atoms with van der Waals surface area (Å²) in [6.07, 6.45) is 2.70. The van der Waals surface area contributed by atoms with Gasteiger partial charge in [-0.1, -0.05) is 30.3 Å². The van der Waals surface area contributed by atoms with Crippen LogP contribution in [0.15, 0.2) is 36.9 Å². The molecule has 0 fully saturated rings. The van der Waals surface area contributed by atoms with Crippen LogP contribution in [0, 0.1) is 0 Å². The van der Waals surface area contributed by atoms with E-state index in [0.717, 1.165) is 11.6 Å². The molecule has 3 heteroatoms. The van der Waals surface area contributed by atoms with Crippen LogP contribution in [-0.4, -0.2) is 7.42 Å². The van der Waals surface area contributed by atoms with Gasteiger partial charge in [-0.25, -0.2) is 0 Å². The maximum absolute atomic E-state index is 5.88. The highest BCUT2D eigenvalue weighted by atomic mass is 35.7. The van der Waals surface area contributed by atoms with Crippen molar-refractivity contribution in [3.05, 3.63) is 42.5 Å². The van der Waals surface area contributed by atoms with Crippen molar-refractivity contribution >= 4 is 34.8 Å². The minimum atomic E-state index is -1.37. The van der Waals surface area contributed by atoms with Gasteiger partial charge < -0.3 is 0 Å². The van der Waals surface area contributed by atoms with Gasteiger partial charge in [0.05, 0.1) is 0 Å². The normalized spacial score (nSPS) is 10.2. The number of hydrogen-bond acceptors (Lipinski definition) is 0. The topological polar surface area (TPSA) is 0 Å². The van der Waals surface area contributed by atoms with Crippen LogP contribution in [0.3, 0.4) is 0 Å². The Morgan fingerprint density at radius 3 is 2.58 bits per heavy atom. The van der Waals surface area contributed by atoms with Crippen molar-refractivity contribution < 1.29 is 0 Å². The van der Waals surface area contributed by atoms with E-state index in [9.17, 15) is 0 Å². The fraction of sp³-hybridized carbons (Fsp3) is 0.111. The summed E-state index contributed by atoms with van der Waals surface area (Å²) in [5, 5.41) is 1.07. The monoisotopic (exact) mass is 215 g/mol. The average Bonchev–Trinajstić information content (AvgIpc) is 2.05. The molecule has 0 heterocycles. The fourth-order valence-corrected chi connectivity index (χ4v) is 2.79. The molecule has 1 rings (SSSR count). The van der Waals surface area contributed by atoms with E-state index in [1.165, 1.54) is 5.56 Å². The largest absolute Gasteiger partial charge is 0.307 e. The van der Waals surface area contributed by atoms with Crippen LogP contribution in [-0.2, 0) is 6.42 Å². The minimum Gasteiger partial charge on any atom is -0.140 e. The van der Waals surface area contributed by atoms with Gasteiger partial charge in [0.25, 0.3) is 0 Å². The van der Waals surface area contributed by atoms with E-state index in [-0.39, 0.29) is 0 Å². The predicted molar refractivity (Wildman–Crippen MR) is 57.4 cm³/mol. The Labute approximate surface area is 83.8 Å². The first kappa shape index (κ1) is 9.84. The number of halogens is 2. The third-order valence-electron chi connectivity index (χ3n) is 1.59. The van der Waals surface area contributed by atoms with E-state index >= 15 is 0 Å². The first-order valence-electron chi connectivity index (χ1n) is 3.63. The van der Waals surface area contributed by atoms with Crippen LogP contribution in [0.25, 0.3) is 0 Å². The Hall–Kier alpha value is -0.243. The summed E-state index contributed by atoms with van der Waals surface area (Å²) < 4.78 is 0. The summed E-state index contributed by atoms with van der Waals surface area (Å²) in [5.41, 5.74) is 1.19. The molecule has 0 atom stereocenters. The maximum atomic E-state index is 5.88. The van der Waals surface area contributed by atoms with E-state index in [4.69, 9.17) is 22.2 Å². The van der Waals surface area contributed by atoms with Gasteiger partial charge in [0.15, 0.2) is 0 Å². The van der Waals surface area contributed by atoms with Gasteiger partial charge in [0, 0.05) is 0 Å². The molecule has 0 N–H and O–H groups in total. The Kier molecular flexibility index (Phi) is 3.86. The van der Waals surface area contributed by atoms with E-state index in [0.29, 0.717) is 0 Å². The van der Waals surface area contributed by atoms with Crippen LogP contribution in [0.2, 0.25) is 0 Å². The van der Waals surface area contributed by atoms with E-state index in [1.807, 2.05) is 30.3 Å². The van der Waals surface area contributed by atoms with Crippen molar-refractivity contribution in [1.29, 1.82) is 0 Å². The number of benzene rings is 1. The van der Waals surface area contributed by atoms with Crippen molar-refractivity contribution in [3.63, 3.8) is 0 Å². The first-order chi connectivity index (χ1) is 5.75. The van der Waals surface area contributed by atoms with Crippen molar-refractivity contribution in [3.8, 4) is 0 Å². The molecule has 0 saturated heterocycles. The average molecular weight is 216 g/mol. The summed E-state index contributed by atoms with van der Waals surface area (Å²) in [7, 11) is -1.37. The van der Waals surface area contributed by atoms with E-state index < -0.39 is 7.42 Å². The minimum absolute atomic E-state index is 0.837. The second-order valence-corrected chi connectivity index (χ2v) is 6.32. The van der Waals surface area contributed by atoms with E-state index in [1.54, 1.807) is 0 Å². The van der Waals surface area contributed by atoms with Gasteiger partial charge in [-0.3, -0.25) is 0 Å². The maximum Gasteiger partial charge on any atom is 0.307 e. The second-order valence-electron chi connectivity index (χ2n) is 2.41. The lowest BCUT2D eigenvalue weighted by molar-refractivity contribution is 1.30. The van der Waals surface area contributed by atoms with Gasteiger partial charge in [-0.05, 0) is 17.2 Å². The summed E-state index contributed by atoms with van der Waals surface area (Å²) in [5.74, 6) is 0. The summed E-state index contributed by atoms with van der Waals surface area (Å²) in [6, 6.07) is 7.96. The molecule has 0 aromatic heterocycles. The van der Waals surface area contributed by atoms with Crippen LogP contribution >= 0.6 is 22.2 Å². The SMILES string of the molecule is C=CCc1ccccc1[Si](Cl)Cl. The van der Waals surface area contributed by atoms with Crippen molar-refractivity contribution in [2.75, 3.05) is 0 Å². The van der Waals surface area contributed by atoms with Gasteiger partial charge in [-0.2, -0.15) is 0 Å². The Morgan fingerprint density at radius 1 is 1.33 bits per heavy atom. The van der Waals surface area contributed by atoms with Gasteiger partial charge >= 0.3 is 7.42 Å². The summed E-state index contributed by atoms with van der Waals surface area (Å²) in [4.78, 5) is 0. The molecule has 0 saturated carbocycles. The quantitative estimate of drug-likeness (QED) is 0.414. The van der Waals surface area contributed by atoms with Gasteiger partial charge in [-0.15, -0.1) is 28.7 Å². The molecule has 12 heavy (non-hydrogen) atoms. The third-order valence-corrected chi connectivity index (χ3v) is 3.70. The smallest absolute Gasteiger partial charge is 0.140 e. The molecular weight excluding hydrogens is 207 g/mol. The highest BCUT2D eigenvalue weighted by Gasteiger charge is 2.10. The molecule has 1 aromatic carbocycles. The van der Waals surface area contributed by atoms with Gasteiger partial charge in [0.2, 0.25) is 0 Å².